The fourth-order valence-corrected chi connectivity index (χ4v) is 2.86. The van der Waals surface area contributed by atoms with E-state index >= 15 is 0 Å². The van der Waals surface area contributed by atoms with E-state index < -0.39 is 11.5 Å². The summed E-state index contributed by atoms with van der Waals surface area (Å²) in [5.74, 6) is -1.24. The van der Waals surface area contributed by atoms with Gasteiger partial charge in [-0.2, -0.15) is 0 Å². The first kappa shape index (κ1) is 15.2. The number of benzene rings is 1. The topological polar surface area (TPSA) is 83.5 Å². The van der Waals surface area contributed by atoms with E-state index in [9.17, 15) is 14.4 Å². The van der Waals surface area contributed by atoms with Crippen LogP contribution in [0.4, 0.5) is 0 Å². The van der Waals surface area contributed by atoms with Gasteiger partial charge in [-0.1, -0.05) is 25.0 Å². The van der Waals surface area contributed by atoms with E-state index in [1.54, 1.807) is 24.3 Å². The highest BCUT2D eigenvalue weighted by Crippen LogP contribution is 2.33. The lowest BCUT2D eigenvalue weighted by Crippen LogP contribution is -2.47. The van der Waals surface area contributed by atoms with Crippen molar-refractivity contribution in [1.29, 1.82) is 0 Å². The largest absolute Gasteiger partial charge is 0.481 e. The Morgan fingerprint density at radius 3 is 2.10 bits per heavy atom. The minimum absolute atomic E-state index is 0.0513. The molecule has 0 radical (unpaired) electrons. The third-order valence-electron chi connectivity index (χ3n) is 3.98. The van der Waals surface area contributed by atoms with Crippen LogP contribution in [-0.2, 0) is 4.79 Å². The molecular weight excluding hydrogens is 270 g/mol. The second-order valence-electron chi connectivity index (χ2n) is 5.65. The molecule has 0 aliphatic heterocycles. The van der Waals surface area contributed by atoms with Crippen LogP contribution in [-0.4, -0.2) is 28.3 Å². The second-order valence-corrected chi connectivity index (χ2v) is 5.65. The van der Waals surface area contributed by atoms with Crippen molar-refractivity contribution in [2.24, 2.45) is 0 Å². The molecule has 1 aromatic carbocycles. The molecule has 1 aliphatic carbocycles. The summed E-state index contributed by atoms with van der Waals surface area (Å²) in [5, 5.41) is 11.9. The minimum Gasteiger partial charge on any atom is -0.481 e. The SMILES string of the molecule is CC(=O)c1ccc(C(=O)NC2(CC(=O)O)CCCC2)cc1. The molecule has 21 heavy (non-hydrogen) atoms. The van der Waals surface area contributed by atoms with Crippen molar-refractivity contribution in [2.45, 2.75) is 44.6 Å². The highest BCUT2D eigenvalue weighted by Gasteiger charge is 2.37. The van der Waals surface area contributed by atoms with Crippen molar-refractivity contribution in [3.8, 4) is 0 Å². The third-order valence-corrected chi connectivity index (χ3v) is 3.98. The molecule has 2 rings (SSSR count). The van der Waals surface area contributed by atoms with Gasteiger partial charge in [0.05, 0.1) is 12.0 Å². The molecule has 112 valence electrons. The fourth-order valence-electron chi connectivity index (χ4n) is 2.86. The molecule has 0 heterocycles. The zero-order valence-corrected chi connectivity index (χ0v) is 12.0. The van der Waals surface area contributed by atoms with Gasteiger partial charge in [0.2, 0.25) is 0 Å². The lowest BCUT2D eigenvalue weighted by Gasteiger charge is -2.28. The molecule has 5 nitrogen and oxygen atoms in total. The molecule has 0 atom stereocenters. The summed E-state index contributed by atoms with van der Waals surface area (Å²) in [6.07, 6.45) is 3.19. The zero-order chi connectivity index (χ0) is 15.5. The lowest BCUT2D eigenvalue weighted by molar-refractivity contribution is -0.138. The van der Waals surface area contributed by atoms with Crippen LogP contribution in [0.25, 0.3) is 0 Å². The van der Waals surface area contributed by atoms with Crippen LogP contribution in [0.5, 0.6) is 0 Å². The van der Waals surface area contributed by atoms with E-state index in [0.29, 0.717) is 24.0 Å². The summed E-state index contributed by atoms with van der Waals surface area (Å²) in [6.45, 7) is 1.47. The summed E-state index contributed by atoms with van der Waals surface area (Å²) in [5.41, 5.74) is 0.353. The summed E-state index contributed by atoms with van der Waals surface area (Å²) in [6, 6.07) is 6.40. The molecule has 0 unspecified atom stereocenters. The molecule has 0 spiro atoms. The van der Waals surface area contributed by atoms with Crippen molar-refractivity contribution in [2.75, 3.05) is 0 Å². The van der Waals surface area contributed by atoms with Gasteiger partial charge in [-0.3, -0.25) is 14.4 Å². The average Bonchev–Trinajstić information content (AvgIpc) is 2.86. The van der Waals surface area contributed by atoms with Gasteiger partial charge >= 0.3 is 5.97 Å². The van der Waals surface area contributed by atoms with E-state index in [-0.39, 0.29) is 18.1 Å². The number of ketones is 1. The first-order valence-electron chi connectivity index (χ1n) is 7.07. The third kappa shape index (κ3) is 3.68. The quantitative estimate of drug-likeness (QED) is 0.815. The Morgan fingerprint density at radius 1 is 1.10 bits per heavy atom. The van der Waals surface area contributed by atoms with Crippen LogP contribution in [0.3, 0.4) is 0 Å². The van der Waals surface area contributed by atoms with Crippen LogP contribution < -0.4 is 5.32 Å². The maximum atomic E-state index is 12.3. The van der Waals surface area contributed by atoms with Gasteiger partial charge in [0.15, 0.2) is 5.78 Å². The van der Waals surface area contributed by atoms with E-state index in [2.05, 4.69) is 5.32 Å². The van der Waals surface area contributed by atoms with Crippen LogP contribution in [0.1, 0.15) is 59.7 Å². The van der Waals surface area contributed by atoms with E-state index in [1.165, 1.54) is 6.92 Å². The number of carboxylic acid groups (broad SMARTS) is 1. The summed E-state index contributed by atoms with van der Waals surface area (Å²) >= 11 is 0. The number of amides is 1. The molecule has 1 saturated carbocycles. The van der Waals surface area contributed by atoms with Gasteiger partial charge in [-0.05, 0) is 31.9 Å². The van der Waals surface area contributed by atoms with Gasteiger partial charge in [0.1, 0.15) is 0 Å². The highest BCUT2D eigenvalue weighted by atomic mass is 16.4. The Labute approximate surface area is 123 Å². The molecular formula is C16H19NO4. The Kier molecular flexibility index (Phi) is 4.40. The number of hydrogen-bond acceptors (Lipinski definition) is 3. The van der Waals surface area contributed by atoms with Crippen LogP contribution in [0.15, 0.2) is 24.3 Å². The normalized spacial score (nSPS) is 16.4. The lowest BCUT2D eigenvalue weighted by atomic mass is 9.92. The van der Waals surface area contributed by atoms with Gasteiger partial charge in [0.25, 0.3) is 5.91 Å². The van der Waals surface area contributed by atoms with Crippen LogP contribution in [0, 0.1) is 0 Å². The fraction of sp³-hybridized carbons (Fsp3) is 0.438. The zero-order valence-electron chi connectivity index (χ0n) is 12.0. The summed E-state index contributed by atoms with van der Waals surface area (Å²) in [4.78, 5) is 34.5. The number of carbonyl (C=O) groups is 3. The molecule has 5 heteroatoms. The predicted octanol–water partition coefficient (Wildman–Crippen LogP) is 2.41. The standard InChI is InChI=1S/C16H19NO4/c1-11(18)12-4-6-13(7-5-12)15(21)17-16(10-14(19)20)8-2-3-9-16/h4-7H,2-3,8-10H2,1H3,(H,17,21)(H,19,20). The first-order chi connectivity index (χ1) is 9.92. The first-order valence-corrected chi connectivity index (χ1v) is 7.07. The van der Waals surface area contributed by atoms with E-state index in [4.69, 9.17) is 5.11 Å². The Morgan fingerprint density at radius 2 is 1.62 bits per heavy atom. The Balaban J connectivity index is 2.11. The smallest absolute Gasteiger partial charge is 0.305 e. The number of carbonyl (C=O) groups excluding carboxylic acids is 2. The molecule has 1 aliphatic rings. The minimum atomic E-state index is -0.899. The molecule has 0 aromatic heterocycles. The van der Waals surface area contributed by atoms with Gasteiger partial charge in [-0.25, -0.2) is 0 Å². The van der Waals surface area contributed by atoms with Crippen molar-refractivity contribution >= 4 is 17.7 Å². The van der Waals surface area contributed by atoms with Gasteiger partial charge in [0, 0.05) is 11.1 Å². The number of nitrogens with one attached hydrogen (secondary N) is 1. The summed E-state index contributed by atoms with van der Waals surface area (Å²) < 4.78 is 0. The molecule has 0 bridgehead atoms. The van der Waals surface area contributed by atoms with Crippen molar-refractivity contribution < 1.29 is 19.5 Å². The molecule has 0 saturated heterocycles. The van der Waals surface area contributed by atoms with Crippen molar-refractivity contribution in [1.82, 2.24) is 5.32 Å². The van der Waals surface area contributed by atoms with E-state index in [0.717, 1.165) is 12.8 Å². The van der Waals surface area contributed by atoms with E-state index in [1.807, 2.05) is 0 Å². The highest BCUT2D eigenvalue weighted by molar-refractivity contribution is 5.98. The van der Waals surface area contributed by atoms with Crippen LogP contribution >= 0.6 is 0 Å². The van der Waals surface area contributed by atoms with Crippen molar-refractivity contribution in [3.63, 3.8) is 0 Å². The monoisotopic (exact) mass is 289 g/mol. The Bertz CT molecular complexity index is 556. The number of rotatable bonds is 5. The molecule has 2 N–H and O–H groups in total. The predicted molar refractivity (Wildman–Crippen MR) is 77.4 cm³/mol. The molecule has 1 amide bonds. The second kappa shape index (κ2) is 6.08. The average molecular weight is 289 g/mol. The number of Topliss-reactive ketones (excluding diaryl/α,β-unsaturated/α-hetero) is 1. The van der Waals surface area contributed by atoms with Crippen molar-refractivity contribution in [3.05, 3.63) is 35.4 Å². The van der Waals surface area contributed by atoms with Crippen LogP contribution in [0.2, 0.25) is 0 Å². The number of carboxylic acids is 1. The molecule has 1 aromatic rings. The number of aliphatic carboxylic acids is 1. The van der Waals surface area contributed by atoms with Gasteiger partial charge in [-0.15, -0.1) is 0 Å². The maximum absolute atomic E-state index is 12.3. The number of hydrogen-bond donors (Lipinski definition) is 2. The molecule has 1 fully saturated rings. The summed E-state index contributed by atoms with van der Waals surface area (Å²) in [7, 11) is 0. The van der Waals surface area contributed by atoms with Gasteiger partial charge < -0.3 is 10.4 Å². The Hall–Kier alpha value is -2.17. The maximum Gasteiger partial charge on any atom is 0.305 e.